The number of thiophene rings is 1. The fourth-order valence-electron chi connectivity index (χ4n) is 5.44. The first kappa shape index (κ1) is 20.8. The van der Waals surface area contributed by atoms with Crippen LogP contribution >= 0.6 is 11.3 Å². The molecule has 0 spiro atoms. The van der Waals surface area contributed by atoms with E-state index in [-0.39, 0.29) is 29.5 Å². The third kappa shape index (κ3) is 3.39. The lowest BCUT2D eigenvalue weighted by Gasteiger charge is -2.36. The maximum atomic E-state index is 13.1. The second kappa shape index (κ2) is 7.03. The average Bonchev–Trinajstić information content (AvgIpc) is 3.34. The molecule has 4 rings (SSSR count). The number of fused-ring (bicyclic) bond motifs is 2. The predicted molar refractivity (Wildman–Crippen MR) is 115 cm³/mol. The van der Waals surface area contributed by atoms with Crippen LogP contribution < -0.4 is 4.72 Å². The molecule has 3 unspecified atom stereocenters. The molecule has 2 aliphatic carbocycles. The highest BCUT2D eigenvalue weighted by Crippen LogP contribution is 2.64. The number of aromatic nitrogens is 2. The van der Waals surface area contributed by atoms with Crippen molar-refractivity contribution in [3.05, 3.63) is 39.8 Å². The summed E-state index contributed by atoms with van der Waals surface area (Å²) in [7, 11) is -3.62. The molecule has 2 aliphatic rings. The summed E-state index contributed by atoms with van der Waals surface area (Å²) in [5.41, 5.74) is 0.882. The van der Waals surface area contributed by atoms with Crippen LogP contribution in [-0.2, 0) is 14.8 Å². The van der Waals surface area contributed by atoms with E-state index in [1.54, 1.807) is 11.3 Å². The van der Waals surface area contributed by atoms with Crippen molar-refractivity contribution >= 4 is 27.1 Å². The number of aryl methyl sites for hydroxylation is 2. The first-order chi connectivity index (χ1) is 13.6. The van der Waals surface area contributed by atoms with E-state index in [4.69, 9.17) is 0 Å². The molecular weight excluding hydrogens is 406 g/mol. The van der Waals surface area contributed by atoms with E-state index < -0.39 is 15.4 Å². The molecule has 0 radical (unpaired) electrons. The van der Waals surface area contributed by atoms with Crippen LogP contribution in [0.25, 0.3) is 0 Å². The molecule has 2 heterocycles. The Morgan fingerprint density at radius 1 is 1.38 bits per heavy atom. The van der Waals surface area contributed by atoms with E-state index in [1.807, 2.05) is 42.1 Å². The molecular formula is C21H29N3O3S2. The van der Waals surface area contributed by atoms with Crippen LogP contribution in [0.3, 0.4) is 0 Å². The van der Waals surface area contributed by atoms with Gasteiger partial charge in [-0.25, -0.2) is 13.1 Å². The molecule has 2 fully saturated rings. The number of hydrogen-bond donors (Lipinski definition) is 1. The number of sulfonamides is 1. The maximum absolute atomic E-state index is 13.1. The lowest BCUT2D eigenvalue weighted by Crippen LogP contribution is -2.46. The summed E-state index contributed by atoms with van der Waals surface area (Å²) in [6, 6.07) is 5.75. The largest absolute Gasteiger partial charge is 0.299 e. The molecule has 8 heteroatoms. The van der Waals surface area contributed by atoms with Gasteiger partial charge in [0.25, 0.3) is 0 Å². The summed E-state index contributed by atoms with van der Waals surface area (Å²) >= 11 is 1.59. The number of ketones is 1. The fraction of sp³-hybridized carbons (Fsp3) is 0.619. The van der Waals surface area contributed by atoms with Crippen LogP contribution in [0, 0.1) is 30.6 Å². The molecule has 0 saturated heterocycles. The van der Waals surface area contributed by atoms with Gasteiger partial charge in [-0.2, -0.15) is 5.10 Å². The molecule has 2 aromatic rings. The highest BCUT2D eigenvalue weighted by atomic mass is 32.2. The summed E-state index contributed by atoms with van der Waals surface area (Å²) in [4.78, 5) is 13.8. The number of nitrogens with zero attached hydrogens (tertiary/aromatic N) is 2. The van der Waals surface area contributed by atoms with E-state index in [2.05, 4.69) is 23.7 Å². The molecule has 1 N–H and O–H groups in total. The van der Waals surface area contributed by atoms with Gasteiger partial charge in [0.1, 0.15) is 5.78 Å². The Labute approximate surface area is 176 Å². The molecule has 6 nitrogen and oxygen atoms in total. The zero-order valence-electron chi connectivity index (χ0n) is 17.4. The zero-order valence-corrected chi connectivity index (χ0v) is 19.1. The number of carbonyl (C=O) groups excluding carboxylic acids is 1. The van der Waals surface area contributed by atoms with E-state index in [0.29, 0.717) is 18.8 Å². The number of Topliss-reactive ketones (excluding diaryl/α,β-unsaturated/α-hetero) is 1. The Kier molecular flexibility index (Phi) is 5.03. The molecule has 0 aliphatic heterocycles. The zero-order chi connectivity index (χ0) is 21.0. The number of nitrogens with one attached hydrogen (secondary N) is 1. The minimum atomic E-state index is -3.62. The first-order valence-electron chi connectivity index (χ1n) is 10.1. The average molecular weight is 436 g/mol. The number of carbonyl (C=O) groups is 1. The van der Waals surface area contributed by atoms with Crippen molar-refractivity contribution < 1.29 is 13.2 Å². The maximum Gasteiger partial charge on any atom is 0.212 e. The van der Waals surface area contributed by atoms with Crippen LogP contribution in [0.5, 0.6) is 0 Å². The molecule has 0 amide bonds. The predicted octanol–water partition coefficient (Wildman–Crippen LogP) is 3.47. The quantitative estimate of drug-likeness (QED) is 0.722. The normalized spacial score (nSPS) is 26.9. The second-order valence-corrected chi connectivity index (χ2v) is 12.0. The van der Waals surface area contributed by atoms with Gasteiger partial charge in [-0.15, -0.1) is 11.3 Å². The number of hydrogen-bond acceptors (Lipinski definition) is 5. The van der Waals surface area contributed by atoms with Gasteiger partial charge >= 0.3 is 0 Å². The van der Waals surface area contributed by atoms with E-state index >= 15 is 0 Å². The van der Waals surface area contributed by atoms with Gasteiger partial charge in [-0.3, -0.25) is 9.48 Å². The van der Waals surface area contributed by atoms with E-state index in [0.717, 1.165) is 22.7 Å². The molecule has 158 valence electrons. The van der Waals surface area contributed by atoms with Crippen molar-refractivity contribution in [2.75, 3.05) is 12.3 Å². The minimum Gasteiger partial charge on any atom is -0.299 e. The smallest absolute Gasteiger partial charge is 0.212 e. The Morgan fingerprint density at radius 3 is 2.66 bits per heavy atom. The van der Waals surface area contributed by atoms with Crippen molar-refractivity contribution in [2.45, 2.75) is 53.0 Å². The van der Waals surface area contributed by atoms with Gasteiger partial charge in [0.15, 0.2) is 0 Å². The van der Waals surface area contributed by atoms with Gasteiger partial charge < -0.3 is 0 Å². The summed E-state index contributed by atoms with van der Waals surface area (Å²) in [6.07, 6.45) is 2.14. The van der Waals surface area contributed by atoms with Gasteiger partial charge in [0.2, 0.25) is 10.0 Å². The lowest BCUT2D eigenvalue weighted by atomic mass is 9.70. The van der Waals surface area contributed by atoms with E-state index in [9.17, 15) is 13.2 Å². The van der Waals surface area contributed by atoms with Crippen molar-refractivity contribution in [3.63, 3.8) is 0 Å². The highest BCUT2D eigenvalue weighted by molar-refractivity contribution is 7.89. The standard InChI is InChI=1S/C21H29N3O3S2/c1-14-10-15(2)24(23-14)17(18-6-5-9-28-18)12-22-29(26,27)13-21-8-7-16(11-19(21)25)20(21,3)4/h5-6,9-10,16-17,22H,7-8,11-13H2,1-4H3. The fourth-order valence-corrected chi connectivity index (χ4v) is 8.09. The molecule has 2 saturated carbocycles. The minimum absolute atomic E-state index is 0.114. The highest BCUT2D eigenvalue weighted by Gasteiger charge is 2.65. The van der Waals surface area contributed by atoms with Crippen LogP contribution in [0.2, 0.25) is 0 Å². The van der Waals surface area contributed by atoms with Crippen LogP contribution in [0.4, 0.5) is 0 Å². The van der Waals surface area contributed by atoms with Gasteiger partial charge in [-0.1, -0.05) is 19.9 Å². The topological polar surface area (TPSA) is 81.1 Å². The van der Waals surface area contributed by atoms with E-state index in [1.165, 1.54) is 0 Å². The molecule has 2 bridgehead atoms. The third-order valence-electron chi connectivity index (χ3n) is 7.28. The van der Waals surface area contributed by atoms with Gasteiger partial charge in [0.05, 0.1) is 17.5 Å². The Bertz CT molecular complexity index is 1020. The lowest BCUT2D eigenvalue weighted by molar-refractivity contribution is -0.128. The summed E-state index contributed by atoms with van der Waals surface area (Å²) in [5, 5.41) is 6.56. The summed E-state index contributed by atoms with van der Waals surface area (Å²) in [6.45, 7) is 8.26. The monoisotopic (exact) mass is 435 g/mol. The molecule has 2 aromatic heterocycles. The summed E-state index contributed by atoms with van der Waals surface area (Å²) in [5.74, 6) is 0.313. The van der Waals surface area contributed by atoms with Crippen LogP contribution in [-0.4, -0.2) is 36.3 Å². The number of rotatable bonds is 7. The van der Waals surface area contributed by atoms with Crippen LogP contribution in [0.15, 0.2) is 23.6 Å². The van der Waals surface area contributed by atoms with Crippen LogP contribution in [0.1, 0.15) is 55.4 Å². The van der Waals surface area contributed by atoms with Crippen molar-refractivity contribution in [1.82, 2.24) is 14.5 Å². The molecule has 3 atom stereocenters. The van der Waals surface area contributed by atoms with Crippen molar-refractivity contribution in [1.29, 1.82) is 0 Å². The Morgan fingerprint density at radius 2 is 2.14 bits per heavy atom. The van der Waals surface area contributed by atoms with Crippen molar-refractivity contribution in [2.24, 2.45) is 16.7 Å². The Hall–Kier alpha value is -1.51. The first-order valence-corrected chi connectivity index (χ1v) is 12.7. The van der Waals surface area contributed by atoms with Gasteiger partial charge in [-0.05, 0) is 55.5 Å². The SMILES string of the molecule is Cc1cc(C)n(C(CNS(=O)(=O)CC23CCC(CC2=O)C3(C)C)c2cccs2)n1. The molecule has 29 heavy (non-hydrogen) atoms. The summed E-state index contributed by atoms with van der Waals surface area (Å²) < 4.78 is 30.9. The van der Waals surface area contributed by atoms with Gasteiger partial charge in [0, 0.05) is 29.0 Å². The molecule has 0 aromatic carbocycles. The second-order valence-electron chi connectivity index (χ2n) is 9.18. The Balaban J connectivity index is 1.56. The van der Waals surface area contributed by atoms with Crippen molar-refractivity contribution in [3.8, 4) is 0 Å². The third-order valence-corrected chi connectivity index (χ3v) is 9.74.